The molecule has 0 amide bonds. The molecule has 4 heteroatoms. The van der Waals surface area contributed by atoms with Gasteiger partial charge >= 0.3 is 0 Å². The predicted molar refractivity (Wildman–Crippen MR) is 84.7 cm³/mol. The lowest BCUT2D eigenvalue weighted by molar-refractivity contribution is 0.155. The Hall–Kier alpha value is -1.72. The van der Waals surface area contributed by atoms with Crippen molar-refractivity contribution in [3.8, 4) is 0 Å². The second-order valence-corrected chi connectivity index (χ2v) is 6.76. The molecule has 2 aromatic rings. The molecule has 0 aliphatic carbocycles. The first-order valence-corrected chi connectivity index (χ1v) is 7.85. The maximum atomic E-state index is 9.33. The molecule has 4 rings (SSSR count). The number of rotatable bonds is 4. The van der Waals surface area contributed by atoms with Crippen LogP contribution in [0.15, 0.2) is 48.5 Å². The van der Waals surface area contributed by atoms with Crippen molar-refractivity contribution in [1.29, 1.82) is 0 Å². The first-order chi connectivity index (χ1) is 11.0. The Balaban J connectivity index is 1.56. The van der Waals surface area contributed by atoms with Gasteiger partial charge in [0.2, 0.25) is 0 Å². The molecular weight excluding hydrogens is 292 g/mol. The van der Waals surface area contributed by atoms with E-state index in [1.54, 1.807) is 0 Å². The van der Waals surface area contributed by atoms with Gasteiger partial charge in [-0.3, -0.25) is 0 Å². The van der Waals surface area contributed by atoms with Gasteiger partial charge in [0.25, 0.3) is 0 Å². The lowest BCUT2D eigenvalue weighted by atomic mass is 9.77. The van der Waals surface area contributed by atoms with Gasteiger partial charge < -0.3 is 19.7 Å². The average Bonchev–Trinajstić information content (AvgIpc) is 3.46. The zero-order valence-electron chi connectivity index (χ0n) is 13.1. The lowest BCUT2D eigenvalue weighted by Crippen LogP contribution is -2.18. The zero-order valence-corrected chi connectivity index (χ0v) is 13.1. The van der Waals surface area contributed by atoms with E-state index in [-0.39, 0.29) is 17.6 Å². The van der Waals surface area contributed by atoms with Gasteiger partial charge in [-0.05, 0) is 22.3 Å². The zero-order chi connectivity index (χ0) is 16.2. The highest BCUT2D eigenvalue weighted by molar-refractivity contribution is 5.41. The van der Waals surface area contributed by atoms with E-state index in [1.807, 2.05) is 24.3 Å². The standard InChI is InChI=1S/C19H20O4/c1-19(2,13-7-3-11(4-8-13)15-17(20)22-15)14-9-5-12(6-10-14)16-18(21)23-16/h3-10,15-18,20-21H,1-2H3. The molecule has 2 fully saturated rings. The molecule has 2 saturated heterocycles. The van der Waals surface area contributed by atoms with Crippen molar-refractivity contribution in [3.05, 3.63) is 70.8 Å². The van der Waals surface area contributed by atoms with Crippen LogP contribution in [0.2, 0.25) is 0 Å². The van der Waals surface area contributed by atoms with Crippen LogP contribution < -0.4 is 0 Å². The van der Waals surface area contributed by atoms with Gasteiger partial charge in [0.1, 0.15) is 12.2 Å². The van der Waals surface area contributed by atoms with E-state index >= 15 is 0 Å². The van der Waals surface area contributed by atoms with Crippen molar-refractivity contribution in [1.82, 2.24) is 0 Å². The Kier molecular flexibility index (Phi) is 3.32. The van der Waals surface area contributed by atoms with Crippen LogP contribution in [-0.4, -0.2) is 22.8 Å². The molecule has 0 radical (unpaired) electrons. The van der Waals surface area contributed by atoms with Gasteiger partial charge in [-0.15, -0.1) is 0 Å². The number of epoxide rings is 2. The smallest absolute Gasteiger partial charge is 0.186 e. The van der Waals surface area contributed by atoms with Gasteiger partial charge in [0.15, 0.2) is 12.6 Å². The Bertz CT molecular complexity index is 644. The molecule has 0 bridgehead atoms. The van der Waals surface area contributed by atoms with E-state index in [2.05, 4.69) is 38.1 Å². The maximum absolute atomic E-state index is 9.33. The van der Waals surface area contributed by atoms with Gasteiger partial charge in [-0.25, -0.2) is 0 Å². The molecule has 2 aliphatic rings. The predicted octanol–water partition coefficient (Wildman–Crippen LogP) is 2.79. The molecule has 120 valence electrons. The Labute approximate surface area is 135 Å². The Morgan fingerprint density at radius 2 is 1.00 bits per heavy atom. The SMILES string of the molecule is CC(C)(c1ccc(C2OC2O)cc1)c1ccc(C2OC2O)cc1. The minimum Gasteiger partial charge on any atom is -0.366 e. The van der Waals surface area contributed by atoms with E-state index in [9.17, 15) is 10.2 Å². The summed E-state index contributed by atoms with van der Waals surface area (Å²) < 4.78 is 10.2. The molecule has 4 nitrogen and oxygen atoms in total. The number of hydrogen-bond acceptors (Lipinski definition) is 4. The molecule has 0 spiro atoms. The van der Waals surface area contributed by atoms with Crippen molar-refractivity contribution >= 4 is 0 Å². The van der Waals surface area contributed by atoms with Crippen molar-refractivity contribution in [2.24, 2.45) is 0 Å². The van der Waals surface area contributed by atoms with Crippen molar-refractivity contribution in [3.63, 3.8) is 0 Å². The third kappa shape index (κ3) is 2.68. The van der Waals surface area contributed by atoms with Crippen LogP contribution in [0.1, 0.15) is 48.3 Å². The highest BCUT2D eigenvalue weighted by Crippen LogP contribution is 2.40. The summed E-state index contributed by atoms with van der Waals surface area (Å²) >= 11 is 0. The van der Waals surface area contributed by atoms with E-state index < -0.39 is 12.6 Å². The Morgan fingerprint density at radius 3 is 1.26 bits per heavy atom. The third-order valence-electron chi connectivity index (χ3n) is 4.86. The fourth-order valence-corrected chi connectivity index (χ4v) is 3.04. The molecule has 4 atom stereocenters. The number of hydrogen-bond donors (Lipinski definition) is 2. The van der Waals surface area contributed by atoms with Crippen LogP contribution in [0.5, 0.6) is 0 Å². The molecule has 2 aliphatic heterocycles. The van der Waals surface area contributed by atoms with E-state index in [0.29, 0.717) is 0 Å². The lowest BCUT2D eigenvalue weighted by Gasteiger charge is -2.26. The van der Waals surface area contributed by atoms with Crippen LogP contribution >= 0.6 is 0 Å². The molecule has 2 heterocycles. The second-order valence-electron chi connectivity index (χ2n) is 6.76. The van der Waals surface area contributed by atoms with Crippen LogP contribution in [0.4, 0.5) is 0 Å². The van der Waals surface area contributed by atoms with Crippen molar-refractivity contribution < 1.29 is 19.7 Å². The summed E-state index contributed by atoms with van der Waals surface area (Å²) in [6.07, 6.45) is -1.64. The van der Waals surface area contributed by atoms with Crippen LogP contribution in [0.3, 0.4) is 0 Å². The molecule has 23 heavy (non-hydrogen) atoms. The summed E-state index contributed by atoms with van der Waals surface area (Å²) in [4.78, 5) is 0. The second kappa shape index (κ2) is 5.14. The molecule has 0 aromatic heterocycles. The van der Waals surface area contributed by atoms with Gasteiger partial charge in [0, 0.05) is 5.41 Å². The number of benzene rings is 2. The molecular formula is C19H20O4. The number of ether oxygens (including phenoxy) is 2. The number of aliphatic hydroxyl groups excluding tert-OH is 2. The monoisotopic (exact) mass is 312 g/mol. The van der Waals surface area contributed by atoms with Crippen LogP contribution in [-0.2, 0) is 14.9 Å². The van der Waals surface area contributed by atoms with E-state index in [4.69, 9.17) is 9.47 Å². The van der Waals surface area contributed by atoms with Crippen LogP contribution in [0, 0.1) is 0 Å². The Morgan fingerprint density at radius 1 is 0.696 bits per heavy atom. The summed E-state index contributed by atoms with van der Waals surface area (Å²) in [5.74, 6) is 0. The first kappa shape index (κ1) is 14.8. The van der Waals surface area contributed by atoms with Gasteiger partial charge in [0.05, 0.1) is 0 Å². The van der Waals surface area contributed by atoms with Gasteiger partial charge in [-0.2, -0.15) is 0 Å². The minimum absolute atomic E-state index is 0.136. The highest BCUT2D eigenvalue weighted by atomic mass is 16.7. The fraction of sp³-hybridized carbons (Fsp3) is 0.368. The topological polar surface area (TPSA) is 65.5 Å². The summed E-state index contributed by atoms with van der Waals surface area (Å²) in [6.45, 7) is 4.36. The van der Waals surface area contributed by atoms with Crippen LogP contribution in [0.25, 0.3) is 0 Å². The summed E-state index contributed by atoms with van der Waals surface area (Å²) in [5, 5.41) is 18.7. The normalized spacial score (nSPS) is 29.4. The van der Waals surface area contributed by atoms with Crippen molar-refractivity contribution in [2.75, 3.05) is 0 Å². The van der Waals surface area contributed by atoms with E-state index in [1.165, 1.54) is 11.1 Å². The molecule has 0 saturated carbocycles. The average molecular weight is 312 g/mol. The molecule has 2 aromatic carbocycles. The van der Waals surface area contributed by atoms with E-state index in [0.717, 1.165) is 11.1 Å². The maximum Gasteiger partial charge on any atom is 0.186 e. The fourth-order valence-electron chi connectivity index (χ4n) is 3.04. The molecule has 4 unspecified atom stereocenters. The molecule has 2 N–H and O–H groups in total. The highest BCUT2D eigenvalue weighted by Gasteiger charge is 2.39. The minimum atomic E-state index is -0.651. The third-order valence-corrected chi connectivity index (χ3v) is 4.86. The largest absolute Gasteiger partial charge is 0.366 e. The number of aliphatic hydroxyl groups is 2. The summed E-state index contributed by atoms with van der Waals surface area (Å²) in [7, 11) is 0. The summed E-state index contributed by atoms with van der Waals surface area (Å²) in [6, 6.07) is 16.4. The first-order valence-electron chi connectivity index (χ1n) is 7.85. The van der Waals surface area contributed by atoms with Gasteiger partial charge in [-0.1, -0.05) is 62.4 Å². The summed E-state index contributed by atoms with van der Waals surface area (Å²) in [5.41, 5.74) is 4.28. The van der Waals surface area contributed by atoms with Crippen molar-refractivity contribution in [2.45, 2.75) is 44.1 Å². The quantitative estimate of drug-likeness (QED) is 0.852.